The predicted molar refractivity (Wildman–Crippen MR) is 191 cm³/mol. The first kappa shape index (κ1) is 34.3. The van der Waals surface area contributed by atoms with Gasteiger partial charge in [0.15, 0.2) is 0 Å². The number of para-hydroxylation sites is 1. The van der Waals surface area contributed by atoms with Crippen LogP contribution in [0.1, 0.15) is 64.2 Å². The summed E-state index contributed by atoms with van der Waals surface area (Å²) < 4.78 is 39.6. The van der Waals surface area contributed by atoms with Crippen molar-refractivity contribution in [3.8, 4) is 5.75 Å². The molecule has 6 rings (SSSR count). The van der Waals surface area contributed by atoms with Crippen molar-refractivity contribution in [1.82, 2.24) is 9.71 Å². The molecule has 258 valence electrons. The lowest BCUT2D eigenvalue weighted by Gasteiger charge is -2.21. The summed E-state index contributed by atoms with van der Waals surface area (Å²) in [6.07, 6.45) is 4.84. The molecule has 1 unspecified atom stereocenters. The second-order valence-electron chi connectivity index (χ2n) is 12.3. The van der Waals surface area contributed by atoms with Gasteiger partial charge in [-0.1, -0.05) is 42.5 Å². The van der Waals surface area contributed by atoms with E-state index in [1.807, 2.05) is 25.1 Å². The number of methoxy groups -OCH3 is 1. The van der Waals surface area contributed by atoms with Gasteiger partial charge in [-0.15, -0.1) is 0 Å². The van der Waals surface area contributed by atoms with Crippen molar-refractivity contribution in [3.63, 3.8) is 0 Å². The molecule has 0 saturated heterocycles. The molecular formula is C38H38N4O7S. The first-order valence-electron chi connectivity index (χ1n) is 16.3. The average Bonchev–Trinajstić information content (AvgIpc) is 3.76. The lowest BCUT2D eigenvalue weighted by molar-refractivity contribution is -0.116. The molecule has 1 aliphatic rings. The summed E-state index contributed by atoms with van der Waals surface area (Å²) in [7, 11) is -2.75. The van der Waals surface area contributed by atoms with E-state index < -0.39 is 27.9 Å². The number of rotatable bonds is 10. The van der Waals surface area contributed by atoms with Crippen LogP contribution in [0.5, 0.6) is 5.75 Å². The third kappa shape index (κ3) is 7.35. The topological polar surface area (TPSA) is 156 Å². The maximum Gasteiger partial charge on any atom is 0.411 e. The third-order valence-corrected chi connectivity index (χ3v) is 10.4. The van der Waals surface area contributed by atoms with Gasteiger partial charge in [0.2, 0.25) is 5.91 Å². The number of fused-ring (bicyclic) bond motifs is 1. The molecule has 1 saturated carbocycles. The van der Waals surface area contributed by atoms with E-state index in [4.69, 9.17) is 9.47 Å². The summed E-state index contributed by atoms with van der Waals surface area (Å²) in [4.78, 5) is 43.5. The highest BCUT2D eigenvalue weighted by molar-refractivity contribution is 7.90. The van der Waals surface area contributed by atoms with Crippen LogP contribution in [0, 0.1) is 13.8 Å². The molecule has 1 heterocycles. The Hall–Kier alpha value is -5.62. The Balaban J connectivity index is 1.36. The minimum absolute atomic E-state index is 0.00938. The molecule has 1 fully saturated rings. The predicted octanol–water partition coefficient (Wildman–Crippen LogP) is 7.17. The van der Waals surface area contributed by atoms with E-state index in [9.17, 15) is 22.8 Å². The van der Waals surface area contributed by atoms with Gasteiger partial charge in [0.25, 0.3) is 15.9 Å². The van der Waals surface area contributed by atoms with Crippen LogP contribution in [0.2, 0.25) is 0 Å². The summed E-state index contributed by atoms with van der Waals surface area (Å²) in [5, 5.41) is 6.52. The zero-order valence-electron chi connectivity index (χ0n) is 27.9. The van der Waals surface area contributed by atoms with E-state index in [1.165, 1.54) is 25.3 Å². The highest BCUT2D eigenvalue weighted by Crippen LogP contribution is 2.38. The number of aryl methyl sites for hydroxylation is 2. The number of hydrogen-bond donors (Lipinski definition) is 4. The van der Waals surface area contributed by atoms with Crippen LogP contribution in [0.15, 0.2) is 96.0 Å². The Morgan fingerprint density at radius 1 is 0.840 bits per heavy atom. The van der Waals surface area contributed by atoms with Gasteiger partial charge in [-0.2, -0.15) is 0 Å². The summed E-state index contributed by atoms with van der Waals surface area (Å²) in [5.41, 5.74) is 4.22. The van der Waals surface area contributed by atoms with E-state index in [1.54, 1.807) is 61.7 Å². The number of aromatic nitrogens is 1. The number of carbonyl (C=O) groups is 3. The molecular weight excluding hydrogens is 657 g/mol. The largest absolute Gasteiger partial charge is 0.496 e. The van der Waals surface area contributed by atoms with Gasteiger partial charge in [-0.3, -0.25) is 14.9 Å². The smallest absolute Gasteiger partial charge is 0.411 e. The number of aromatic amines is 1. The van der Waals surface area contributed by atoms with Crippen LogP contribution in [-0.4, -0.2) is 44.5 Å². The second kappa shape index (κ2) is 14.5. The minimum Gasteiger partial charge on any atom is -0.496 e. The SMILES string of the molecule is COc1cc(C(=O)NS(=O)(=O)c2ccccc2C)ccc1C(C(=O)Nc1ccccc1C)c1c[nH]c2ccc(NC(=O)OC3CCCC3)cc12. The lowest BCUT2D eigenvalue weighted by atomic mass is 9.88. The Morgan fingerprint density at radius 3 is 2.28 bits per heavy atom. The van der Waals surface area contributed by atoms with E-state index >= 15 is 0 Å². The fourth-order valence-electron chi connectivity index (χ4n) is 6.32. The number of H-pyrrole nitrogens is 1. The van der Waals surface area contributed by atoms with Gasteiger partial charge < -0.3 is 19.8 Å². The Labute approximate surface area is 290 Å². The standard InChI is InChI=1S/C38H38N4O7S/c1-23-10-4-8-14-31(23)41-37(44)35(30-22-39-32-19-17-26(21-29(30)32)40-38(45)49-27-12-6-7-13-27)28-18-16-25(20-33(28)48-3)36(43)42-50(46,47)34-15-9-5-11-24(34)2/h4-5,8-11,14-22,27,35,39H,6-7,12-13H2,1-3H3,(H,40,45)(H,41,44)(H,42,43). The van der Waals surface area contributed by atoms with Gasteiger partial charge in [-0.25, -0.2) is 17.9 Å². The number of sulfonamides is 1. The molecule has 3 amide bonds. The number of amides is 3. The maximum absolute atomic E-state index is 14.3. The van der Waals surface area contributed by atoms with E-state index in [-0.39, 0.29) is 28.2 Å². The van der Waals surface area contributed by atoms with Crippen LogP contribution >= 0.6 is 0 Å². The molecule has 4 aromatic carbocycles. The van der Waals surface area contributed by atoms with E-state index in [0.29, 0.717) is 33.5 Å². The Morgan fingerprint density at radius 2 is 1.56 bits per heavy atom. The first-order valence-corrected chi connectivity index (χ1v) is 17.8. The van der Waals surface area contributed by atoms with Crippen LogP contribution < -0.4 is 20.1 Å². The van der Waals surface area contributed by atoms with Crippen LogP contribution in [0.4, 0.5) is 16.2 Å². The van der Waals surface area contributed by atoms with E-state index in [2.05, 4.69) is 20.3 Å². The number of anilines is 2. The van der Waals surface area contributed by atoms with Crippen molar-refractivity contribution < 1.29 is 32.3 Å². The fourth-order valence-corrected chi connectivity index (χ4v) is 7.54. The number of ether oxygens (including phenoxy) is 2. The zero-order chi connectivity index (χ0) is 35.4. The zero-order valence-corrected chi connectivity index (χ0v) is 28.7. The summed E-state index contributed by atoms with van der Waals surface area (Å²) in [6.45, 7) is 3.53. The quantitative estimate of drug-likeness (QED) is 0.121. The summed E-state index contributed by atoms with van der Waals surface area (Å²) >= 11 is 0. The van der Waals surface area contributed by atoms with Crippen molar-refractivity contribution in [1.29, 1.82) is 0 Å². The van der Waals surface area contributed by atoms with Gasteiger partial charge in [0.05, 0.1) is 17.9 Å². The number of nitrogens with one attached hydrogen (secondary N) is 4. The third-order valence-electron chi connectivity index (χ3n) is 8.93. The van der Waals surface area contributed by atoms with Gasteiger partial charge >= 0.3 is 6.09 Å². The average molecular weight is 695 g/mol. The number of carbonyl (C=O) groups excluding carboxylic acids is 3. The number of benzene rings is 4. The Kier molecular flexibility index (Phi) is 9.91. The molecule has 0 radical (unpaired) electrons. The Bertz CT molecular complexity index is 2190. The van der Waals surface area contributed by atoms with Crippen LogP contribution in [0.25, 0.3) is 10.9 Å². The molecule has 5 aromatic rings. The molecule has 50 heavy (non-hydrogen) atoms. The molecule has 1 aromatic heterocycles. The van der Waals surface area contributed by atoms with Crippen molar-refractivity contribution in [2.75, 3.05) is 17.7 Å². The van der Waals surface area contributed by atoms with Crippen molar-refractivity contribution >= 4 is 50.2 Å². The molecule has 4 N–H and O–H groups in total. The van der Waals surface area contributed by atoms with Crippen molar-refractivity contribution in [2.24, 2.45) is 0 Å². The number of hydrogen-bond acceptors (Lipinski definition) is 7. The molecule has 0 aliphatic heterocycles. The highest BCUT2D eigenvalue weighted by atomic mass is 32.2. The monoisotopic (exact) mass is 694 g/mol. The van der Waals surface area contributed by atoms with Crippen molar-refractivity contribution in [3.05, 3.63) is 119 Å². The van der Waals surface area contributed by atoms with Gasteiger partial charge in [0, 0.05) is 39.6 Å². The molecule has 0 bridgehead atoms. The highest BCUT2D eigenvalue weighted by Gasteiger charge is 2.30. The maximum atomic E-state index is 14.3. The second-order valence-corrected chi connectivity index (χ2v) is 14.0. The molecule has 12 heteroatoms. The van der Waals surface area contributed by atoms with E-state index in [0.717, 1.165) is 36.8 Å². The van der Waals surface area contributed by atoms with Crippen LogP contribution in [-0.2, 0) is 19.6 Å². The first-order chi connectivity index (χ1) is 24.0. The molecule has 0 spiro atoms. The minimum atomic E-state index is -4.16. The molecule has 1 aliphatic carbocycles. The van der Waals surface area contributed by atoms with Gasteiger partial charge in [-0.05, 0) is 98.7 Å². The normalized spacial score (nSPS) is 13.8. The summed E-state index contributed by atoms with van der Waals surface area (Å²) in [6, 6.07) is 23.5. The van der Waals surface area contributed by atoms with Gasteiger partial charge in [0.1, 0.15) is 11.9 Å². The lowest BCUT2D eigenvalue weighted by Crippen LogP contribution is -2.31. The molecule has 11 nitrogen and oxygen atoms in total. The van der Waals surface area contributed by atoms with Crippen LogP contribution in [0.3, 0.4) is 0 Å². The fraction of sp³-hybridized carbons (Fsp3) is 0.237. The van der Waals surface area contributed by atoms with Crippen molar-refractivity contribution in [2.45, 2.75) is 56.4 Å². The molecule has 1 atom stereocenters. The summed E-state index contributed by atoms with van der Waals surface area (Å²) in [5.74, 6) is -2.00.